The fourth-order valence-corrected chi connectivity index (χ4v) is 5.27. The zero-order valence-corrected chi connectivity index (χ0v) is 16.1. The molecule has 1 fully saturated rings. The van der Waals surface area contributed by atoms with Gasteiger partial charge in [-0.05, 0) is 41.5 Å². The minimum atomic E-state index is -4.94. The Morgan fingerprint density at radius 3 is 2.42 bits per heavy atom. The lowest BCUT2D eigenvalue weighted by Gasteiger charge is -2.60. The van der Waals surface area contributed by atoms with Crippen LogP contribution >= 0.6 is 10.7 Å². The third-order valence-corrected chi connectivity index (χ3v) is 7.70. The second-order valence-corrected chi connectivity index (χ2v) is 10.3. The fourth-order valence-electron chi connectivity index (χ4n) is 4.47. The molecule has 2 atom stereocenters. The molecule has 0 unspecified atom stereocenters. The van der Waals surface area contributed by atoms with Crippen LogP contribution in [0.5, 0.6) is 0 Å². The zero-order chi connectivity index (χ0) is 19.7. The standard InChI is InChI=1S/C17H19ClF3NO3S/c1-15(2)13-9-10-8-11(26(18,24)25)4-5-12(10)16(15,3)6-7-22(13)14(23)17(19,20)21/h4-5,8,13H,6-7,9H2,1-3H3/t13-,16+/m1/s1. The topological polar surface area (TPSA) is 54.5 Å². The average molecular weight is 410 g/mol. The highest BCUT2D eigenvalue weighted by atomic mass is 35.7. The van der Waals surface area contributed by atoms with E-state index in [2.05, 4.69) is 0 Å². The van der Waals surface area contributed by atoms with Gasteiger partial charge >= 0.3 is 12.1 Å². The van der Waals surface area contributed by atoms with Crippen molar-refractivity contribution in [3.63, 3.8) is 0 Å². The number of hydrogen-bond donors (Lipinski definition) is 0. The molecule has 144 valence electrons. The van der Waals surface area contributed by atoms with Gasteiger partial charge in [0, 0.05) is 28.7 Å². The Morgan fingerprint density at radius 1 is 1.27 bits per heavy atom. The molecule has 4 nitrogen and oxygen atoms in total. The molecule has 2 aliphatic rings. The number of piperidine rings is 1. The van der Waals surface area contributed by atoms with Crippen LogP contribution in [0.25, 0.3) is 0 Å². The molecule has 9 heteroatoms. The van der Waals surface area contributed by atoms with Gasteiger partial charge in [0.2, 0.25) is 0 Å². The summed E-state index contributed by atoms with van der Waals surface area (Å²) in [4.78, 5) is 12.7. The molecule has 0 aromatic heterocycles. The Balaban J connectivity index is 2.14. The molecule has 0 radical (unpaired) electrons. The Kier molecular flexibility index (Phi) is 4.20. The van der Waals surface area contributed by atoms with Crippen LogP contribution in [0, 0.1) is 5.41 Å². The molecular weight excluding hydrogens is 391 g/mol. The van der Waals surface area contributed by atoms with Crippen molar-refractivity contribution in [2.75, 3.05) is 6.54 Å². The van der Waals surface area contributed by atoms with E-state index in [1.807, 2.05) is 20.8 Å². The first-order valence-electron chi connectivity index (χ1n) is 8.15. The van der Waals surface area contributed by atoms with Gasteiger partial charge in [-0.2, -0.15) is 13.2 Å². The van der Waals surface area contributed by atoms with E-state index in [1.165, 1.54) is 12.1 Å². The van der Waals surface area contributed by atoms with E-state index >= 15 is 0 Å². The van der Waals surface area contributed by atoms with E-state index in [1.54, 1.807) is 6.07 Å². The maximum Gasteiger partial charge on any atom is 0.471 e. The second-order valence-electron chi connectivity index (χ2n) is 7.78. The number of rotatable bonds is 1. The lowest BCUT2D eigenvalue weighted by atomic mass is 9.51. The summed E-state index contributed by atoms with van der Waals surface area (Å²) < 4.78 is 62.4. The molecule has 2 bridgehead atoms. The van der Waals surface area contributed by atoms with Crippen LogP contribution in [0.3, 0.4) is 0 Å². The van der Waals surface area contributed by atoms with E-state index in [9.17, 15) is 26.4 Å². The predicted molar refractivity (Wildman–Crippen MR) is 90.5 cm³/mol. The predicted octanol–water partition coefficient (Wildman–Crippen LogP) is 3.62. The summed E-state index contributed by atoms with van der Waals surface area (Å²) in [6.45, 7) is 5.70. The number of nitrogens with zero attached hydrogens (tertiary/aromatic N) is 1. The van der Waals surface area contributed by atoms with Crippen molar-refractivity contribution in [2.45, 2.75) is 56.1 Å². The zero-order valence-electron chi connectivity index (χ0n) is 14.5. The van der Waals surface area contributed by atoms with Crippen LogP contribution in [-0.2, 0) is 25.7 Å². The monoisotopic (exact) mass is 409 g/mol. The lowest BCUT2D eigenvalue weighted by molar-refractivity contribution is -0.195. The molecule has 0 spiro atoms. The fraction of sp³-hybridized carbons (Fsp3) is 0.588. The summed E-state index contributed by atoms with van der Waals surface area (Å²) >= 11 is 0. The number of halogens is 4. The number of amides is 1. The molecule has 0 saturated carbocycles. The summed E-state index contributed by atoms with van der Waals surface area (Å²) in [5.41, 5.74) is 0.433. The molecule has 1 saturated heterocycles. The van der Waals surface area contributed by atoms with E-state index < -0.39 is 38.0 Å². The number of benzene rings is 1. The summed E-state index contributed by atoms with van der Waals surface area (Å²) in [5, 5.41) is 0. The van der Waals surface area contributed by atoms with Crippen LogP contribution in [0.4, 0.5) is 13.2 Å². The SMILES string of the molecule is CC1(C)[C@H]2Cc3cc(S(=O)(=O)Cl)ccc3[C@]1(C)CCN2C(=O)C(F)(F)F. The number of carbonyl (C=O) groups excluding carboxylic acids is 1. The molecule has 1 aliphatic carbocycles. The van der Waals surface area contributed by atoms with Gasteiger partial charge in [0.05, 0.1) is 4.90 Å². The largest absolute Gasteiger partial charge is 0.471 e. The summed E-state index contributed by atoms with van der Waals surface area (Å²) in [5.74, 6) is -1.85. The summed E-state index contributed by atoms with van der Waals surface area (Å²) in [7, 11) is 1.46. The van der Waals surface area contributed by atoms with Gasteiger partial charge in [0.25, 0.3) is 9.05 Å². The van der Waals surface area contributed by atoms with Crippen LogP contribution in [0.1, 0.15) is 38.3 Å². The molecule has 3 rings (SSSR count). The molecule has 1 aromatic rings. The van der Waals surface area contributed by atoms with E-state index in [0.717, 1.165) is 10.5 Å². The van der Waals surface area contributed by atoms with Crippen molar-refractivity contribution in [2.24, 2.45) is 5.41 Å². The van der Waals surface area contributed by atoms with Gasteiger partial charge in [0.15, 0.2) is 0 Å². The molecule has 0 N–H and O–H groups in total. The van der Waals surface area contributed by atoms with Crippen molar-refractivity contribution in [3.05, 3.63) is 29.3 Å². The quantitative estimate of drug-likeness (QED) is 0.666. The number of alkyl halides is 3. The average Bonchev–Trinajstić information content (AvgIpc) is 2.48. The highest BCUT2D eigenvalue weighted by Crippen LogP contribution is 2.56. The second kappa shape index (κ2) is 5.61. The number of fused-ring (bicyclic) bond motifs is 4. The van der Waals surface area contributed by atoms with Crippen molar-refractivity contribution in [1.29, 1.82) is 0 Å². The van der Waals surface area contributed by atoms with Crippen LogP contribution in [0.15, 0.2) is 23.1 Å². The third kappa shape index (κ3) is 2.72. The minimum absolute atomic E-state index is 0.0118. The maximum absolute atomic E-state index is 13.0. The van der Waals surface area contributed by atoms with Gasteiger partial charge in [0.1, 0.15) is 0 Å². The summed E-state index contributed by atoms with van der Waals surface area (Å²) in [6, 6.07) is 3.86. The van der Waals surface area contributed by atoms with E-state index in [0.29, 0.717) is 12.0 Å². The normalized spacial score (nSPS) is 27.8. The van der Waals surface area contributed by atoms with Gasteiger partial charge < -0.3 is 4.90 Å². The number of likely N-dealkylation sites (tertiary alicyclic amines) is 1. The van der Waals surface area contributed by atoms with Crippen molar-refractivity contribution < 1.29 is 26.4 Å². The minimum Gasteiger partial charge on any atom is -0.331 e. The molecule has 1 amide bonds. The lowest BCUT2D eigenvalue weighted by Crippen LogP contribution is -2.66. The van der Waals surface area contributed by atoms with Crippen LogP contribution in [0.2, 0.25) is 0 Å². The van der Waals surface area contributed by atoms with Gasteiger partial charge in [-0.25, -0.2) is 8.42 Å². The number of hydrogen-bond acceptors (Lipinski definition) is 3. The van der Waals surface area contributed by atoms with E-state index in [4.69, 9.17) is 10.7 Å². The van der Waals surface area contributed by atoms with Crippen molar-refractivity contribution >= 4 is 25.6 Å². The Bertz CT molecular complexity index is 882. The first-order chi connectivity index (χ1) is 11.7. The highest BCUT2D eigenvalue weighted by molar-refractivity contribution is 8.13. The van der Waals surface area contributed by atoms with Gasteiger partial charge in [-0.1, -0.05) is 26.8 Å². The highest BCUT2D eigenvalue weighted by Gasteiger charge is 2.59. The Morgan fingerprint density at radius 2 is 1.88 bits per heavy atom. The molecular formula is C17H19ClF3NO3S. The van der Waals surface area contributed by atoms with Gasteiger partial charge in [-0.15, -0.1) is 0 Å². The molecule has 1 heterocycles. The van der Waals surface area contributed by atoms with E-state index in [-0.39, 0.29) is 17.9 Å². The van der Waals surface area contributed by atoms with Gasteiger partial charge in [-0.3, -0.25) is 4.79 Å². The third-order valence-electron chi connectivity index (χ3n) is 6.35. The smallest absolute Gasteiger partial charge is 0.331 e. The summed E-state index contributed by atoms with van der Waals surface area (Å²) in [6.07, 6.45) is -4.43. The number of carbonyl (C=O) groups is 1. The molecule has 1 aromatic carbocycles. The van der Waals surface area contributed by atoms with Crippen LogP contribution < -0.4 is 0 Å². The first kappa shape index (κ1) is 19.5. The maximum atomic E-state index is 13.0. The first-order valence-corrected chi connectivity index (χ1v) is 10.5. The Labute approximate surface area is 154 Å². The Hall–Kier alpha value is -1.28. The van der Waals surface area contributed by atoms with Crippen molar-refractivity contribution in [3.8, 4) is 0 Å². The molecule has 26 heavy (non-hydrogen) atoms. The van der Waals surface area contributed by atoms with Crippen molar-refractivity contribution in [1.82, 2.24) is 4.90 Å². The van der Waals surface area contributed by atoms with Crippen LogP contribution in [-0.4, -0.2) is 38.0 Å². The molecule has 1 aliphatic heterocycles.